The van der Waals surface area contributed by atoms with Gasteiger partial charge in [0.15, 0.2) is 0 Å². The number of aromatic nitrogens is 2. The van der Waals surface area contributed by atoms with Gasteiger partial charge in [0.1, 0.15) is 0 Å². The minimum Gasteiger partial charge on any atom is -0.465 e. The highest BCUT2D eigenvalue weighted by molar-refractivity contribution is 5.92. The molecule has 0 amide bonds. The van der Waals surface area contributed by atoms with Crippen LogP contribution in [0.15, 0.2) is 24.4 Å². The number of nitrogens with one attached hydrogen (secondary N) is 1. The van der Waals surface area contributed by atoms with E-state index >= 15 is 0 Å². The predicted octanol–water partition coefficient (Wildman–Crippen LogP) is 2.09. The summed E-state index contributed by atoms with van der Waals surface area (Å²) in [6.45, 7) is 2.03. The molecule has 1 heterocycles. The van der Waals surface area contributed by atoms with Gasteiger partial charge in [-0.2, -0.15) is 5.10 Å². The highest BCUT2D eigenvalue weighted by Gasteiger charge is 2.11. The molecule has 0 aliphatic heterocycles. The lowest BCUT2D eigenvalue weighted by Gasteiger charge is -2.10. The molecule has 0 saturated heterocycles. The van der Waals surface area contributed by atoms with Crippen molar-refractivity contribution in [3.63, 3.8) is 0 Å². The summed E-state index contributed by atoms with van der Waals surface area (Å²) in [5, 5.41) is 7.57. The number of rotatable bonds is 4. The molecular formula is C14H18N4O2. The summed E-state index contributed by atoms with van der Waals surface area (Å²) in [5.74, 6) is -0.394. The van der Waals surface area contributed by atoms with Crippen LogP contribution in [0, 0.1) is 0 Å². The monoisotopic (exact) mass is 274 g/mol. The Morgan fingerprint density at radius 3 is 2.85 bits per heavy atom. The Kier molecular flexibility index (Phi) is 3.93. The van der Waals surface area contributed by atoms with E-state index in [9.17, 15) is 4.79 Å². The zero-order chi connectivity index (χ0) is 14.7. The molecule has 20 heavy (non-hydrogen) atoms. The van der Waals surface area contributed by atoms with Crippen LogP contribution < -0.4 is 11.1 Å². The maximum absolute atomic E-state index is 11.5. The fourth-order valence-electron chi connectivity index (χ4n) is 1.95. The number of methoxy groups -OCH3 is 1. The number of carbonyl (C=O) groups is 1. The topological polar surface area (TPSA) is 82.2 Å². The second-order valence-electron chi connectivity index (χ2n) is 4.44. The standard InChI is InChI=1S/C14H18N4O2/c1-4-11-13(8-18(2)17-11)16-12-7-9(14(19)20-3)5-6-10(12)15/h5-8,16H,4,15H2,1-3H3. The van der Waals surface area contributed by atoms with Gasteiger partial charge < -0.3 is 15.8 Å². The van der Waals surface area contributed by atoms with Gasteiger partial charge in [-0.3, -0.25) is 4.68 Å². The van der Waals surface area contributed by atoms with Crippen molar-refractivity contribution in [1.82, 2.24) is 9.78 Å². The Morgan fingerprint density at radius 1 is 1.45 bits per heavy atom. The number of ether oxygens (including phenoxy) is 1. The van der Waals surface area contributed by atoms with Crippen molar-refractivity contribution in [3.05, 3.63) is 35.7 Å². The Bertz CT molecular complexity index is 634. The van der Waals surface area contributed by atoms with Crippen LogP contribution in [0.3, 0.4) is 0 Å². The number of hydrogen-bond acceptors (Lipinski definition) is 5. The second-order valence-corrected chi connectivity index (χ2v) is 4.44. The SMILES string of the molecule is CCc1nn(C)cc1Nc1cc(C(=O)OC)ccc1N. The third kappa shape index (κ3) is 2.74. The van der Waals surface area contributed by atoms with Gasteiger partial charge >= 0.3 is 5.97 Å². The molecule has 0 radical (unpaired) electrons. The van der Waals surface area contributed by atoms with Crippen molar-refractivity contribution >= 4 is 23.0 Å². The molecule has 0 fully saturated rings. The van der Waals surface area contributed by atoms with E-state index in [1.807, 2.05) is 20.2 Å². The zero-order valence-electron chi connectivity index (χ0n) is 11.8. The van der Waals surface area contributed by atoms with E-state index in [0.717, 1.165) is 17.8 Å². The van der Waals surface area contributed by atoms with E-state index in [1.165, 1.54) is 7.11 Å². The Hall–Kier alpha value is -2.50. The minimum atomic E-state index is -0.394. The van der Waals surface area contributed by atoms with Gasteiger partial charge in [-0.25, -0.2) is 4.79 Å². The molecule has 2 rings (SSSR count). The molecule has 0 atom stereocenters. The molecule has 0 saturated carbocycles. The van der Waals surface area contributed by atoms with Crippen molar-refractivity contribution in [1.29, 1.82) is 0 Å². The first-order chi connectivity index (χ1) is 9.55. The van der Waals surface area contributed by atoms with Gasteiger partial charge in [0.05, 0.1) is 35.4 Å². The summed E-state index contributed by atoms with van der Waals surface area (Å²) in [7, 11) is 3.21. The zero-order valence-corrected chi connectivity index (χ0v) is 11.8. The Labute approximate surface area is 117 Å². The molecule has 6 nitrogen and oxygen atoms in total. The number of aryl methyl sites for hydroxylation is 2. The van der Waals surface area contributed by atoms with Crippen LogP contribution in [-0.2, 0) is 18.2 Å². The molecule has 0 unspecified atom stereocenters. The molecule has 0 spiro atoms. The van der Waals surface area contributed by atoms with Crippen molar-refractivity contribution in [3.8, 4) is 0 Å². The maximum Gasteiger partial charge on any atom is 0.337 e. The van der Waals surface area contributed by atoms with E-state index < -0.39 is 5.97 Å². The van der Waals surface area contributed by atoms with Crippen LogP contribution in [-0.4, -0.2) is 22.9 Å². The van der Waals surface area contributed by atoms with Crippen molar-refractivity contribution < 1.29 is 9.53 Å². The fraction of sp³-hybridized carbons (Fsp3) is 0.286. The molecule has 0 bridgehead atoms. The van der Waals surface area contributed by atoms with E-state index in [1.54, 1.807) is 22.9 Å². The second kappa shape index (κ2) is 5.64. The lowest BCUT2D eigenvalue weighted by Crippen LogP contribution is -2.04. The van der Waals surface area contributed by atoms with Crippen LogP contribution >= 0.6 is 0 Å². The van der Waals surface area contributed by atoms with Crippen molar-refractivity contribution in [2.24, 2.45) is 7.05 Å². The van der Waals surface area contributed by atoms with Gasteiger partial charge in [0.25, 0.3) is 0 Å². The van der Waals surface area contributed by atoms with Crippen LogP contribution in [0.5, 0.6) is 0 Å². The fourth-order valence-corrected chi connectivity index (χ4v) is 1.95. The number of carbonyl (C=O) groups excluding carboxylic acids is 1. The molecule has 1 aromatic carbocycles. The summed E-state index contributed by atoms with van der Waals surface area (Å²) < 4.78 is 6.44. The molecule has 3 N–H and O–H groups in total. The van der Waals surface area contributed by atoms with E-state index in [0.29, 0.717) is 16.9 Å². The minimum absolute atomic E-state index is 0.394. The number of anilines is 3. The largest absolute Gasteiger partial charge is 0.465 e. The highest BCUT2D eigenvalue weighted by atomic mass is 16.5. The molecule has 0 aliphatic rings. The number of esters is 1. The normalized spacial score (nSPS) is 10.3. The summed E-state index contributed by atoms with van der Waals surface area (Å²) in [4.78, 5) is 11.5. The van der Waals surface area contributed by atoms with Crippen LogP contribution in [0.2, 0.25) is 0 Å². The Balaban J connectivity index is 2.34. The van der Waals surface area contributed by atoms with Crippen molar-refractivity contribution in [2.45, 2.75) is 13.3 Å². The molecule has 6 heteroatoms. The van der Waals surface area contributed by atoms with Crippen LogP contribution in [0.1, 0.15) is 23.0 Å². The number of nitrogens with two attached hydrogens (primary N) is 1. The van der Waals surface area contributed by atoms with Gasteiger partial charge in [-0.15, -0.1) is 0 Å². The van der Waals surface area contributed by atoms with Gasteiger partial charge in [-0.1, -0.05) is 6.92 Å². The van der Waals surface area contributed by atoms with Crippen molar-refractivity contribution in [2.75, 3.05) is 18.2 Å². The van der Waals surface area contributed by atoms with Crippen LogP contribution in [0.25, 0.3) is 0 Å². The number of hydrogen-bond donors (Lipinski definition) is 2. The molecule has 106 valence electrons. The predicted molar refractivity (Wildman–Crippen MR) is 78.1 cm³/mol. The first kappa shape index (κ1) is 13.9. The molecule has 2 aromatic rings. The molecular weight excluding hydrogens is 256 g/mol. The number of benzene rings is 1. The molecule has 0 aliphatic carbocycles. The third-order valence-corrected chi connectivity index (χ3v) is 2.98. The number of nitrogens with zero attached hydrogens (tertiary/aromatic N) is 2. The van der Waals surface area contributed by atoms with Gasteiger partial charge in [0, 0.05) is 13.2 Å². The quantitative estimate of drug-likeness (QED) is 0.659. The lowest BCUT2D eigenvalue weighted by atomic mass is 10.1. The third-order valence-electron chi connectivity index (χ3n) is 2.98. The molecule has 1 aromatic heterocycles. The van der Waals surface area contributed by atoms with E-state index in [2.05, 4.69) is 10.4 Å². The average Bonchev–Trinajstić information content (AvgIpc) is 2.80. The van der Waals surface area contributed by atoms with Gasteiger partial charge in [0.2, 0.25) is 0 Å². The Morgan fingerprint density at radius 2 is 2.20 bits per heavy atom. The maximum atomic E-state index is 11.5. The van der Waals surface area contributed by atoms with E-state index in [4.69, 9.17) is 10.5 Å². The van der Waals surface area contributed by atoms with Gasteiger partial charge in [-0.05, 0) is 24.6 Å². The number of nitrogen functional groups attached to an aromatic ring is 1. The van der Waals surface area contributed by atoms with E-state index in [-0.39, 0.29) is 0 Å². The highest BCUT2D eigenvalue weighted by Crippen LogP contribution is 2.26. The summed E-state index contributed by atoms with van der Waals surface area (Å²) >= 11 is 0. The lowest BCUT2D eigenvalue weighted by molar-refractivity contribution is 0.0601. The summed E-state index contributed by atoms with van der Waals surface area (Å²) in [6, 6.07) is 4.99. The van der Waals surface area contributed by atoms with Crippen LogP contribution in [0.4, 0.5) is 17.1 Å². The first-order valence-corrected chi connectivity index (χ1v) is 6.32. The summed E-state index contributed by atoms with van der Waals surface area (Å²) in [5.41, 5.74) is 9.43. The first-order valence-electron chi connectivity index (χ1n) is 6.32. The average molecular weight is 274 g/mol. The smallest absolute Gasteiger partial charge is 0.337 e. The summed E-state index contributed by atoms with van der Waals surface area (Å²) in [6.07, 6.45) is 2.68.